The summed E-state index contributed by atoms with van der Waals surface area (Å²) >= 11 is 11.6. The summed E-state index contributed by atoms with van der Waals surface area (Å²) in [5.74, 6) is 0.208. The molecule has 0 heterocycles. The molecule has 104 valence electrons. The predicted molar refractivity (Wildman–Crippen MR) is 75.8 cm³/mol. The fourth-order valence-corrected chi connectivity index (χ4v) is 1.92. The minimum absolute atomic E-state index is 0.0332. The van der Waals surface area contributed by atoms with Gasteiger partial charge in [0.1, 0.15) is 18.5 Å². The molecule has 1 atom stereocenters. The Labute approximate surface area is 122 Å². The molecule has 1 unspecified atom stereocenters. The number of hydrogen-bond donors (Lipinski definition) is 1. The Morgan fingerprint density at radius 3 is 2.58 bits per heavy atom. The molecule has 0 aliphatic rings. The summed E-state index contributed by atoms with van der Waals surface area (Å²) in [5, 5.41) is 10.7. The van der Waals surface area contributed by atoms with Crippen molar-refractivity contribution in [3.63, 3.8) is 0 Å². The summed E-state index contributed by atoms with van der Waals surface area (Å²) < 4.78 is 5.36. The van der Waals surface area contributed by atoms with Gasteiger partial charge in [-0.3, -0.25) is 4.79 Å². The zero-order chi connectivity index (χ0) is 14.4. The number of ether oxygens (including phenoxy) is 1. The van der Waals surface area contributed by atoms with E-state index in [-0.39, 0.29) is 19.1 Å². The van der Waals surface area contributed by atoms with Crippen LogP contribution in [0.1, 0.15) is 0 Å². The molecular weight excluding hydrogens is 289 g/mol. The molecule has 19 heavy (non-hydrogen) atoms. The number of likely N-dealkylation sites (N-methyl/N-ethyl adjacent to an activating group) is 1. The van der Waals surface area contributed by atoms with Crippen LogP contribution in [0.15, 0.2) is 30.9 Å². The highest BCUT2D eigenvalue weighted by Crippen LogP contribution is 2.24. The Hall–Kier alpha value is -1.23. The average Bonchev–Trinajstić information content (AvgIpc) is 2.34. The van der Waals surface area contributed by atoms with E-state index in [2.05, 4.69) is 6.58 Å². The first-order valence-corrected chi connectivity index (χ1v) is 6.32. The normalized spacial score (nSPS) is 11.8. The topological polar surface area (TPSA) is 49.8 Å². The number of hydrogen-bond acceptors (Lipinski definition) is 3. The van der Waals surface area contributed by atoms with Crippen LogP contribution in [0.4, 0.5) is 0 Å². The lowest BCUT2D eigenvalue weighted by Gasteiger charge is -2.19. The van der Waals surface area contributed by atoms with Gasteiger partial charge in [0.2, 0.25) is 5.91 Å². The Bertz CT molecular complexity index is 445. The van der Waals surface area contributed by atoms with E-state index in [0.717, 1.165) is 0 Å². The maximum absolute atomic E-state index is 11.2. The number of benzene rings is 1. The van der Waals surface area contributed by atoms with Crippen molar-refractivity contribution in [2.24, 2.45) is 0 Å². The van der Waals surface area contributed by atoms with Crippen molar-refractivity contribution in [2.45, 2.75) is 6.10 Å². The number of amides is 1. The van der Waals surface area contributed by atoms with Crippen LogP contribution in [0.25, 0.3) is 0 Å². The minimum atomic E-state index is -0.813. The number of nitrogens with zero attached hydrogens (tertiary/aromatic N) is 1. The average molecular weight is 304 g/mol. The second kappa shape index (κ2) is 7.38. The second-order valence-corrected chi connectivity index (χ2v) is 4.87. The summed E-state index contributed by atoms with van der Waals surface area (Å²) in [6.07, 6.45) is 0.372. The van der Waals surface area contributed by atoms with Gasteiger partial charge in [0.15, 0.2) is 0 Å². The first-order valence-electron chi connectivity index (χ1n) is 5.57. The molecule has 0 saturated carbocycles. The van der Waals surface area contributed by atoms with Gasteiger partial charge in [-0.15, -0.1) is 0 Å². The van der Waals surface area contributed by atoms with Crippen molar-refractivity contribution in [2.75, 3.05) is 20.2 Å². The maximum atomic E-state index is 11.2. The zero-order valence-electron chi connectivity index (χ0n) is 10.5. The van der Waals surface area contributed by atoms with Crippen LogP contribution in [-0.4, -0.2) is 42.2 Å². The fourth-order valence-electron chi connectivity index (χ4n) is 1.42. The molecule has 0 bridgehead atoms. The number of carbonyl (C=O) groups excluding carboxylic acids is 1. The van der Waals surface area contributed by atoms with Crippen LogP contribution in [0.3, 0.4) is 0 Å². The summed E-state index contributed by atoms with van der Waals surface area (Å²) in [4.78, 5) is 12.6. The van der Waals surface area contributed by atoms with Crippen molar-refractivity contribution >= 4 is 29.1 Å². The van der Waals surface area contributed by atoms with Crippen LogP contribution >= 0.6 is 23.2 Å². The quantitative estimate of drug-likeness (QED) is 0.821. The third-order valence-corrected chi connectivity index (χ3v) is 2.75. The van der Waals surface area contributed by atoms with Gasteiger partial charge >= 0.3 is 0 Å². The highest BCUT2D eigenvalue weighted by Gasteiger charge is 2.12. The van der Waals surface area contributed by atoms with Crippen molar-refractivity contribution in [3.8, 4) is 5.75 Å². The van der Waals surface area contributed by atoms with E-state index in [4.69, 9.17) is 27.9 Å². The van der Waals surface area contributed by atoms with Gasteiger partial charge in [-0.2, -0.15) is 0 Å². The van der Waals surface area contributed by atoms with Gasteiger partial charge in [0.05, 0.1) is 0 Å². The molecule has 0 radical (unpaired) electrons. The van der Waals surface area contributed by atoms with E-state index in [0.29, 0.717) is 15.8 Å². The van der Waals surface area contributed by atoms with Crippen molar-refractivity contribution in [1.82, 2.24) is 4.90 Å². The summed E-state index contributed by atoms with van der Waals surface area (Å²) in [7, 11) is 1.57. The summed E-state index contributed by atoms with van der Waals surface area (Å²) in [6, 6.07) is 4.78. The molecule has 0 spiro atoms. The van der Waals surface area contributed by atoms with Crippen LogP contribution in [-0.2, 0) is 4.79 Å². The van der Waals surface area contributed by atoms with Gasteiger partial charge in [-0.1, -0.05) is 29.8 Å². The summed E-state index contributed by atoms with van der Waals surface area (Å²) in [6.45, 7) is 3.55. The second-order valence-electron chi connectivity index (χ2n) is 3.99. The van der Waals surface area contributed by atoms with E-state index >= 15 is 0 Å². The molecule has 1 N–H and O–H groups in total. The first kappa shape index (κ1) is 15.8. The monoisotopic (exact) mass is 303 g/mol. The number of halogens is 2. The lowest BCUT2D eigenvalue weighted by molar-refractivity contribution is -0.126. The Balaban J connectivity index is 2.47. The standard InChI is InChI=1S/C13H15Cl2NO3/c1-3-13(18)16(2)7-11(17)8-19-12-5-9(14)4-10(15)6-12/h3-6,11,17H,1,7-8H2,2H3. The van der Waals surface area contributed by atoms with Gasteiger partial charge in [0.25, 0.3) is 0 Å². The van der Waals surface area contributed by atoms with Crippen molar-refractivity contribution < 1.29 is 14.6 Å². The molecule has 0 saturated heterocycles. The van der Waals surface area contributed by atoms with Crippen LogP contribution in [0.5, 0.6) is 5.75 Å². The SMILES string of the molecule is C=CC(=O)N(C)CC(O)COc1cc(Cl)cc(Cl)c1. The van der Waals surface area contributed by atoms with E-state index in [1.807, 2.05) is 0 Å². The Morgan fingerprint density at radius 1 is 1.47 bits per heavy atom. The predicted octanol–water partition coefficient (Wildman–Crippen LogP) is 2.38. The zero-order valence-corrected chi connectivity index (χ0v) is 12.0. The van der Waals surface area contributed by atoms with E-state index in [9.17, 15) is 9.90 Å². The molecule has 0 aromatic heterocycles. The van der Waals surface area contributed by atoms with Gasteiger partial charge < -0.3 is 14.7 Å². The van der Waals surface area contributed by atoms with E-state index in [1.165, 1.54) is 11.0 Å². The summed E-state index contributed by atoms with van der Waals surface area (Å²) in [5.41, 5.74) is 0. The molecule has 1 aromatic carbocycles. The third kappa shape index (κ3) is 5.51. The lowest BCUT2D eigenvalue weighted by Crippen LogP contribution is -2.36. The van der Waals surface area contributed by atoms with Crippen LogP contribution in [0, 0.1) is 0 Å². The van der Waals surface area contributed by atoms with Crippen molar-refractivity contribution in [3.05, 3.63) is 40.9 Å². The van der Waals surface area contributed by atoms with Crippen molar-refractivity contribution in [1.29, 1.82) is 0 Å². The first-order chi connectivity index (χ1) is 8.92. The van der Waals surface area contributed by atoms with E-state index < -0.39 is 6.10 Å². The fraction of sp³-hybridized carbons (Fsp3) is 0.308. The van der Waals surface area contributed by atoms with Gasteiger partial charge in [-0.05, 0) is 24.3 Å². The molecule has 0 fully saturated rings. The van der Waals surface area contributed by atoms with E-state index in [1.54, 1.807) is 25.2 Å². The molecule has 1 aromatic rings. The third-order valence-electron chi connectivity index (χ3n) is 2.31. The number of carbonyl (C=O) groups is 1. The molecular formula is C13H15Cl2NO3. The number of rotatable bonds is 6. The largest absolute Gasteiger partial charge is 0.491 e. The molecule has 1 amide bonds. The number of aliphatic hydroxyl groups excluding tert-OH is 1. The Kier molecular flexibility index (Phi) is 6.15. The molecule has 1 rings (SSSR count). The van der Waals surface area contributed by atoms with Crippen LogP contribution < -0.4 is 4.74 Å². The van der Waals surface area contributed by atoms with Gasteiger partial charge in [-0.25, -0.2) is 0 Å². The maximum Gasteiger partial charge on any atom is 0.245 e. The molecule has 4 nitrogen and oxygen atoms in total. The van der Waals surface area contributed by atoms with Gasteiger partial charge in [0, 0.05) is 23.6 Å². The smallest absolute Gasteiger partial charge is 0.245 e. The highest BCUT2D eigenvalue weighted by molar-refractivity contribution is 6.34. The minimum Gasteiger partial charge on any atom is -0.491 e. The Morgan fingerprint density at radius 2 is 2.05 bits per heavy atom. The number of aliphatic hydroxyl groups is 1. The van der Waals surface area contributed by atoms with Crippen LogP contribution in [0.2, 0.25) is 10.0 Å². The highest BCUT2D eigenvalue weighted by atomic mass is 35.5. The molecule has 0 aliphatic heterocycles. The lowest BCUT2D eigenvalue weighted by atomic mass is 10.3. The molecule has 0 aliphatic carbocycles. The molecule has 6 heteroatoms.